The normalized spacial score (nSPS) is 11.3. The third-order valence-electron chi connectivity index (χ3n) is 3.95. The van der Waals surface area contributed by atoms with Gasteiger partial charge in [-0.05, 0) is 51.8 Å². The fourth-order valence-electron chi connectivity index (χ4n) is 2.85. The maximum Gasteiger partial charge on any atom is 0.355 e. The van der Waals surface area contributed by atoms with Crippen molar-refractivity contribution in [3.63, 3.8) is 0 Å². The first-order valence-corrected chi connectivity index (χ1v) is 9.51. The van der Waals surface area contributed by atoms with Crippen molar-refractivity contribution in [1.29, 1.82) is 0 Å². The number of nitrogens with one attached hydrogen (secondary N) is 2. The zero-order valence-electron chi connectivity index (χ0n) is 17.2. The van der Waals surface area contributed by atoms with Crippen LogP contribution in [-0.2, 0) is 29.0 Å². The topological polar surface area (TPSA) is 93.3 Å². The zero-order valence-corrected chi connectivity index (χ0v) is 17.2. The molecule has 0 saturated carbocycles. The quantitative estimate of drug-likeness (QED) is 0.675. The number of esters is 2. The third kappa shape index (κ3) is 5.66. The second-order valence-electron chi connectivity index (χ2n) is 7.33. The standard InChI is InChI=1S/C21H29N3O4/c1-6-15-17(19(25)27-7-2)16(13-22-12-14-10-8-9-11-23-14)24-18(15)20(26)28-21(3,4)5/h8-11,22,24H,6-7,12-13H2,1-5H3. The number of H-pyrrole nitrogens is 1. The molecule has 152 valence electrons. The van der Waals surface area contributed by atoms with E-state index in [0.29, 0.717) is 42.0 Å². The van der Waals surface area contributed by atoms with Crippen LogP contribution in [0.15, 0.2) is 24.4 Å². The molecule has 2 heterocycles. The van der Waals surface area contributed by atoms with Crippen molar-refractivity contribution in [3.05, 3.63) is 52.6 Å². The summed E-state index contributed by atoms with van der Waals surface area (Å²) < 4.78 is 10.7. The molecule has 0 aliphatic carbocycles. The molecule has 2 aromatic heterocycles. The van der Waals surface area contributed by atoms with E-state index >= 15 is 0 Å². The van der Waals surface area contributed by atoms with E-state index in [1.807, 2.05) is 25.1 Å². The molecule has 0 bridgehead atoms. The van der Waals surface area contributed by atoms with Gasteiger partial charge in [-0.2, -0.15) is 0 Å². The SMILES string of the molecule is CCOC(=O)c1c(CNCc2ccccn2)[nH]c(C(=O)OC(C)(C)C)c1CC. The van der Waals surface area contributed by atoms with Crippen LogP contribution in [0.1, 0.15) is 72.4 Å². The lowest BCUT2D eigenvalue weighted by molar-refractivity contribution is 0.00622. The summed E-state index contributed by atoms with van der Waals surface area (Å²) in [6.45, 7) is 10.2. The van der Waals surface area contributed by atoms with Gasteiger partial charge in [0.05, 0.1) is 17.9 Å². The number of carbonyl (C=O) groups excluding carboxylic acids is 2. The van der Waals surface area contributed by atoms with Crippen LogP contribution in [0.3, 0.4) is 0 Å². The first kappa shape index (κ1) is 21.6. The average Bonchev–Trinajstić information content (AvgIpc) is 3.00. The van der Waals surface area contributed by atoms with Crippen LogP contribution >= 0.6 is 0 Å². The fourth-order valence-corrected chi connectivity index (χ4v) is 2.85. The number of pyridine rings is 1. The van der Waals surface area contributed by atoms with Crippen LogP contribution in [0.4, 0.5) is 0 Å². The van der Waals surface area contributed by atoms with Gasteiger partial charge < -0.3 is 19.8 Å². The van der Waals surface area contributed by atoms with Gasteiger partial charge in [0.25, 0.3) is 0 Å². The van der Waals surface area contributed by atoms with E-state index < -0.39 is 17.5 Å². The molecule has 0 spiro atoms. The van der Waals surface area contributed by atoms with Crippen molar-refractivity contribution in [1.82, 2.24) is 15.3 Å². The van der Waals surface area contributed by atoms with Gasteiger partial charge in [-0.15, -0.1) is 0 Å². The summed E-state index contributed by atoms with van der Waals surface area (Å²) in [4.78, 5) is 32.6. The number of hydrogen-bond donors (Lipinski definition) is 2. The molecule has 0 atom stereocenters. The summed E-state index contributed by atoms with van der Waals surface area (Å²) in [7, 11) is 0. The molecule has 2 N–H and O–H groups in total. The Morgan fingerprint density at radius 2 is 1.89 bits per heavy atom. The number of carbonyl (C=O) groups is 2. The highest BCUT2D eigenvalue weighted by molar-refractivity contribution is 5.98. The van der Waals surface area contributed by atoms with Gasteiger partial charge in [-0.25, -0.2) is 9.59 Å². The lowest BCUT2D eigenvalue weighted by Crippen LogP contribution is -2.24. The van der Waals surface area contributed by atoms with E-state index in [4.69, 9.17) is 9.47 Å². The summed E-state index contributed by atoms with van der Waals surface area (Å²) in [5.41, 5.74) is 2.17. The van der Waals surface area contributed by atoms with Gasteiger partial charge in [-0.1, -0.05) is 13.0 Å². The summed E-state index contributed by atoms with van der Waals surface area (Å²) in [6, 6.07) is 5.68. The predicted molar refractivity (Wildman–Crippen MR) is 106 cm³/mol. The van der Waals surface area contributed by atoms with Crippen LogP contribution in [0.2, 0.25) is 0 Å². The van der Waals surface area contributed by atoms with Crippen molar-refractivity contribution in [2.24, 2.45) is 0 Å². The van der Waals surface area contributed by atoms with Crippen LogP contribution in [0.25, 0.3) is 0 Å². The van der Waals surface area contributed by atoms with Crippen LogP contribution in [0.5, 0.6) is 0 Å². The highest BCUT2D eigenvalue weighted by Crippen LogP contribution is 2.24. The Labute approximate surface area is 165 Å². The average molecular weight is 387 g/mol. The second kappa shape index (κ2) is 9.50. The molecule has 0 saturated heterocycles. The summed E-state index contributed by atoms with van der Waals surface area (Å²) in [5.74, 6) is -0.925. The van der Waals surface area contributed by atoms with Gasteiger partial charge in [-0.3, -0.25) is 4.98 Å². The molecule has 28 heavy (non-hydrogen) atoms. The van der Waals surface area contributed by atoms with Gasteiger partial charge in [0.15, 0.2) is 0 Å². The molecule has 0 aliphatic rings. The Bertz CT molecular complexity index is 807. The monoisotopic (exact) mass is 387 g/mol. The molecule has 0 unspecified atom stereocenters. The fraction of sp³-hybridized carbons (Fsp3) is 0.476. The molecule has 0 radical (unpaired) electrons. The number of nitrogens with zero attached hydrogens (tertiary/aromatic N) is 1. The molecule has 0 aromatic carbocycles. The van der Waals surface area contributed by atoms with Gasteiger partial charge in [0.1, 0.15) is 11.3 Å². The van der Waals surface area contributed by atoms with Crippen molar-refractivity contribution in [3.8, 4) is 0 Å². The smallest absolute Gasteiger partial charge is 0.355 e. The van der Waals surface area contributed by atoms with E-state index in [1.54, 1.807) is 33.9 Å². The van der Waals surface area contributed by atoms with Crippen LogP contribution < -0.4 is 5.32 Å². The van der Waals surface area contributed by atoms with Crippen molar-refractivity contribution in [2.45, 2.75) is 59.7 Å². The summed E-state index contributed by atoms with van der Waals surface area (Å²) >= 11 is 0. The predicted octanol–water partition coefficient (Wildman–Crippen LogP) is 3.39. The molecule has 0 aliphatic heterocycles. The lowest BCUT2D eigenvalue weighted by Gasteiger charge is -2.19. The Kier molecular flexibility index (Phi) is 7.34. The largest absolute Gasteiger partial charge is 0.462 e. The first-order valence-electron chi connectivity index (χ1n) is 9.51. The second-order valence-corrected chi connectivity index (χ2v) is 7.33. The van der Waals surface area contributed by atoms with Crippen molar-refractivity contribution >= 4 is 11.9 Å². The van der Waals surface area contributed by atoms with Gasteiger partial charge >= 0.3 is 11.9 Å². The van der Waals surface area contributed by atoms with Gasteiger partial charge in [0, 0.05) is 25.0 Å². The number of rotatable bonds is 8. The summed E-state index contributed by atoms with van der Waals surface area (Å²) in [6.07, 6.45) is 2.23. The number of aromatic nitrogens is 2. The van der Waals surface area contributed by atoms with E-state index in [-0.39, 0.29) is 6.61 Å². The highest BCUT2D eigenvalue weighted by atomic mass is 16.6. The van der Waals surface area contributed by atoms with E-state index in [2.05, 4.69) is 15.3 Å². The van der Waals surface area contributed by atoms with Crippen LogP contribution in [-0.4, -0.2) is 34.1 Å². The Balaban J connectivity index is 2.30. The number of aromatic amines is 1. The van der Waals surface area contributed by atoms with Crippen molar-refractivity contribution in [2.75, 3.05) is 6.61 Å². The zero-order chi connectivity index (χ0) is 20.7. The molecule has 7 nitrogen and oxygen atoms in total. The van der Waals surface area contributed by atoms with E-state index in [0.717, 1.165) is 5.69 Å². The molecule has 0 fully saturated rings. The summed E-state index contributed by atoms with van der Waals surface area (Å²) in [5, 5.41) is 3.25. The molecule has 2 rings (SSSR count). The highest BCUT2D eigenvalue weighted by Gasteiger charge is 2.28. The van der Waals surface area contributed by atoms with Crippen molar-refractivity contribution < 1.29 is 19.1 Å². The molecular weight excluding hydrogens is 358 g/mol. The Hall–Kier alpha value is -2.67. The maximum absolute atomic E-state index is 12.6. The van der Waals surface area contributed by atoms with E-state index in [9.17, 15) is 9.59 Å². The number of hydrogen-bond acceptors (Lipinski definition) is 6. The molecule has 0 amide bonds. The molecule has 7 heteroatoms. The first-order chi connectivity index (χ1) is 13.3. The van der Waals surface area contributed by atoms with E-state index in [1.165, 1.54) is 0 Å². The number of ether oxygens (including phenoxy) is 2. The Morgan fingerprint density at radius 3 is 2.46 bits per heavy atom. The minimum absolute atomic E-state index is 0.260. The Morgan fingerprint density at radius 1 is 1.14 bits per heavy atom. The third-order valence-corrected chi connectivity index (χ3v) is 3.95. The maximum atomic E-state index is 12.6. The minimum Gasteiger partial charge on any atom is -0.462 e. The minimum atomic E-state index is -0.630. The molecular formula is C21H29N3O4. The van der Waals surface area contributed by atoms with Gasteiger partial charge in [0.2, 0.25) is 0 Å². The lowest BCUT2D eigenvalue weighted by atomic mass is 10.1. The molecule has 2 aromatic rings. The van der Waals surface area contributed by atoms with Crippen LogP contribution in [0, 0.1) is 0 Å².